The number of nitrogens with zero attached hydrogens (tertiary/aromatic N) is 1. The van der Waals surface area contributed by atoms with Gasteiger partial charge in [-0.1, -0.05) is 24.3 Å². The van der Waals surface area contributed by atoms with Crippen molar-refractivity contribution in [1.29, 1.82) is 0 Å². The van der Waals surface area contributed by atoms with Gasteiger partial charge in [0, 0.05) is 24.0 Å². The molecule has 0 spiro atoms. The Morgan fingerprint density at radius 2 is 2.11 bits per heavy atom. The topological polar surface area (TPSA) is 20.3 Å². The number of hydrogen-bond donors (Lipinski definition) is 0. The third kappa shape index (κ3) is 3.60. The normalized spacial score (nSPS) is 19.9. The van der Waals surface area contributed by atoms with Crippen molar-refractivity contribution in [2.24, 2.45) is 0 Å². The Bertz CT molecular complexity index is 452. The van der Waals surface area contributed by atoms with Gasteiger partial charge in [0.05, 0.1) is 0 Å². The number of amides is 1. The van der Waals surface area contributed by atoms with E-state index in [0.717, 1.165) is 30.5 Å². The smallest absolute Gasteiger partial charge is 0.254 e. The Morgan fingerprint density at radius 1 is 1.37 bits per heavy atom. The van der Waals surface area contributed by atoms with Crippen LogP contribution in [0.15, 0.2) is 30.3 Å². The first-order valence-corrected chi connectivity index (χ1v) is 7.39. The van der Waals surface area contributed by atoms with Crippen LogP contribution in [0.1, 0.15) is 42.1 Å². The van der Waals surface area contributed by atoms with Crippen LogP contribution in [0.4, 0.5) is 0 Å². The standard InChI is InChI=1S/C16H20ClNO/c1-13-5-2-3-12-18(13)16(19)15-9-7-14(8-10-15)6-4-11-17/h4,6-10,13H,2-3,5,11-12H2,1H3/b6-4+. The number of benzene rings is 1. The van der Waals surface area contributed by atoms with E-state index in [0.29, 0.717) is 11.9 Å². The van der Waals surface area contributed by atoms with Crippen molar-refractivity contribution in [1.82, 2.24) is 4.90 Å². The molecule has 1 amide bonds. The van der Waals surface area contributed by atoms with Crippen LogP contribution in [0.5, 0.6) is 0 Å². The number of allylic oxidation sites excluding steroid dienone is 1. The molecule has 3 heteroatoms. The third-order valence-corrected chi connectivity index (χ3v) is 3.80. The van der Waals surface area contributed by atoms with Crippen molar-refractivity contribution in [2.75, 3.05) is 12.4 Å². The van der Waals surface area contributed by atoms with Gasteiger partial charge in [0.1, 0.15) is 0 Å². The van der Waals surface area contributed by atoms with Crippen molar-refractivity contribution >= 4 is 23.6 Å². The minimum Gasteiger partial charge on any atom is -0.336 e. The Balaban J connectivity index is 2.08. The number of rotatable bonds is 3. The Labute approximate surface area is 120 Å². The van der Waals surface area contributed by atoms with Gasteiger partial charge in [0.25, 0.3) is 5.91 Å². The molecule has 0 N–H and O–H groups in total. The van der Waals surface area contributed by atoms with E-state index in [1.165, 1.54) is 6.42 Å². The second kappa shape index (κ2) is 6.76. The first-order chi connectivity index (χ1) is 9.22. The first kappa shape index (κ1) is 14.1. The maximum atomic E-state index is 12.4. The van der Waals surface area contributed by atoms with Gasteiger partial charge in [-0.25, -0.2) is 0 Å². The zero-order valence-electron chi connectivity index (χ0n) is 11.3. The molecule has 0 aromatic heterocycles. The molecule has 2 nitrogen and oxygen atoms in total. The highest BCUT2D eigenvalue weighted by Gasteiger charge is 2.23. The summed E-state index contributed by atoms with van der Waals surface area (Å²) in [4.78, 5) is 14.4. The number of likely N-dealkylation sites (tertiary alicyclic amines) is 1. The monoisotopic (exact) mass is 277 g/mol. The number of halogens is 1. The lowest BCUT2D eigenvalue weighted by atomic mass is 10.0. The van der Waals surface area contributed by atoms with E-state index in [1.54, 1.807) is 0 Å². The molecule has 102 valence electrons. The van der Waals surface area contributed by atoms with Gasteiger partial charge in [-0.3, -0.25) is 4.79 Å². The molecule has 1 atom stereocenters. The average Bonchev–Trinajstić information content (AvgIpc) is 2.45. The molecule has 1 aliphatic heterocycles. The first-order valence-electron chi connectivity index (χ1n) is 6.86. The largest absolute Gasteiger partial charge is 0.336 e. The quantitative estimate of drug-likeness (QED) is 0.766. The Kier molecular flexibility index (Phi) is 5.03. The molecule has 0 saturated carbocycles. The minimum absolute atomic E-state index is 0.153. The summed E-state index contributed by atoms with van der Waals surface area (Å²) in [5, 5.41) is 0. The van der Waals surface area contributed by atoms with Gasteiger partial charge in [0.15, 0.2) is 0 Å². The predicted octanol–water partition coefficient (Wildman–Crippen LogP) is 3.95. The summed E-state index contributed by atoms with van der Waals surface area (Å²) in [5.41, 5.74) is 1.85. The minimum atomic E-state index is 0.153. The number of carbonyl (C=O) groups is 1. The lowest BCUT2D eigenvalue weighted by Gasteiger charge is -2.33. The second-order valence-electron chi connectivity index (χ2n) is 5.02. The van der Waals surface area contributed by atoms with E-state index in [2.05, 4.69) is 6.92 Å². The van der Waals surface area contributed by atoms with Crippen molar-refractivity contribution in [3.8, 4) is 0 Å². The molecule has 1 heterocycles. The van der Waals surface area contributed by atoms with Crippen LogP contribution in [0, 0.1) is 0 Å². The molecular formula is C16H20ClNO. The summed E-state index contributed by atoms with van der Waals surface area (Å²) in [6.07, 6.45) is 7.32. The van der Waals surface area contributed by atoms with E-state index < -0.39 is 0 Å². The van der Waals surface area contributed by atoms with Crippen LogP contribution < -0.4 is 0 Å². The zero-order chi connectivity index (χ0) is 13.7. The van der Waals surface area contributed by atoms with Crippen LogP contribution in [-0.2, 0) is 0 Å². The SMILES string of the molecule is CC1CCCCN1C(=O)c1ccc(/C=C/CCl)cc1. The fraction of sp³-hybridized carbons (Fsp3) is 0.438. The summed E-state index contributed by atoms with van der Waals surface area (Å²) in [5.74, 6) is 0.659. The average molecular weight is 278 g/mol. The molecule has 1 aromatic carbocycles. The van der Waals surface area contributed by atoms with E-state index in [9.17, 15) is 4.79 Å². The maximum Gasteiger partial charge on any atom is 0.254 e. The predicted molar refractivity (Wildman–Crippen MR) is 80.5 cm³/mol. The van der Waals surface area contributed by atoms with Crippen molar-refractivity contribution < 1.29 is 4.79 Å². The zero-order valence-corrected chi connectivity index (χ0v) is 12.1. The summed E-state index contributed by atoms with van der Waals surface area (Å²) in [7, 11) is 0. The van der Waals surface area contributed by atoms with E-state index in [1.807, 2.05) is 41.3 Å². The highest BCUT2D eigenvalue weighted by atomic mass is 35.5. The van der Waals surface area contributed by atoms with Crippen LogP contribution in [0.3, 0.4) is 0 Å². The van der Waals surface area contributed by atoms with Gasteiger partial charge in [0.2, 0.25) is 0 Å². The molecule has 1 aliphatic rings. The van der Waals surface area contributed by atoms with Gasteiger partial charge < -0.3 is 4.90 Å². The molecule has 0 bridgehead atoms. The molecule has 1 unspecified atom stereocenters. The molecule has 2 rings (SSSR count). The highest BCUT2D eigenvalue weighted by molar-refractivity contribution is 6.19. The van der Waals surface area contributed by atoms with Crippen molar-refractivity contribution in [3.05, 3.63) is 41.5 Å². The molecule has 19 heavy (non-hydrogen) atoms. The molecule has 1 saturated heterocycles. The summed E-state index contributed by atoms with van der Waals surface area (Å²) in [6, 6.07) is 8.09. The second-order valence-corrected chi connectivity index (χ2v) is 5.33. The van der Waals surface area contributed by atoms with Crippen LogP contribution in [0.25, 0.3) is 6.08 Å². The van der Waals surface area contributed by atoms with E-state index in [-0.39, 0.29) is 5.91 Å². The molecule has 0 radical (unpaired) electrons. The summed E-state index contributed by atoms with van der Waals surface area (Å²) in [6.45, 7) is 3.02. The number of piperidine rings is 1. The van der Waals surface area contributed by atoms with Crippen LogP contribution >= 0.6 is 11.6 Å². The molecule has 0 aliphatic carbocycles. The Morgan fingerprint density at radius 3 is 2.74 bits per heavy atom. The highest BCUT2D eigenvalue weighted by Crippen LogP contribution is 2.19. The Hall–Kier alpha value is -1.28. The lowest BCUT2D eigenvalue weighted by molar-refractivity contribution is 0.0635. The number of alkyl halides is 1. The van der Waals surface area contributed by atoms with Crippen LogP contribution in [-0.4, -0.2) is 29.3 Å². The molecule has 1 fully saturated rings. The number of hydrogen-bond acceptors (Lipinski definition) is 1. The number of carbonyl (C=O) groups excluding carboxylic acids is 1. The van der Waals surface area contributed by atoms with E-state index in [4.69, 9.17) is 11.6 Å². The van der Waals surface area contributed by atoms with Crippen LogP contribution in [0.2, 0.25) is 0 Å². The van der Waals surface area contributed by atoms with Gasteiger partial charge >= 0.3 is 0 Å². The van der Waals surface area contributed by atoms with Crippen molar-refractivity contribution in [2.45, 2.75) is 32.2 Å². The molecular weight excluding hydrogens is 258 g/mol. The van der Waals surface area contributed by atoms with E-state index >= 15 is 0 Å². The fourth-order valence-corrected chi connectivity index (χ4v) is 2.57. The van der Waals surface area contributed by atoms with Gasteiger partial charge in [-0.15, -0.1) is 11.6 Å². The summed E-state index contributed by atoms with van der Waals surface area (Å²) < 4.78 is 0. The summed E-state index contributed by atoms with van der Waals surface area (Å²) >= 11 is 5.60. The van der Waals surface area contributed by atoms with Crippen molar-refractivity contribution in [3.63, 3.8) is 0 Å². The fourth-order valence-electron chi connectivity index (χ4n) is 2.48. The maximum absolute atomic E-state index is 12.4. The third-order valence-electron chi connectivity index (χ3n) is 3.62. The van der Waals surface area contributed by atoms with Gasteiger partial charge in [-0.05, 0) is 43.9 Å². The van der Waals surface area contributed by atoms with Gasteiger partial charge in [-0.2, -0.15) is 0 Å². The molecule has 1 aromatic rings. The lowest BCUT2D eigenvalue weighted by Crippen LogP contribution is -2.41.